The van der Waals surface area contributed by atoms with Crippen LogP contribution < -0.4 is 5.56 Å². The van der Waals surface area contributed by atoms with Crippen LogP contribution >= 0.6 is 11.8 Å². The van der Waals surface area contributed by atoms with Gasteiger partial charge in [0.05, 0.1) is 5.75 Å². The lowest BCUT2D eigenvalue weighted by Gasteiger charge is -2.10. The summed E-state index contributed by atoms with van der Waals surface area (Å²) in [6.45, 7) is 0. The summed E-state index contributed by atoms with van der Waals surface area (Å²) < 4.78 is 1.69. The van der Waals surface area contributed by atoms with Crippen LogP contribution in [0.2, 0.25) is 0 Å². The molecule has 0 bridgehead atoms. The van der Waals surface area contributed by atoms with Crippen LogP contribution in [-0.4, -0.2) is 26.4 Å². The second-order valence-electron chi connectivity index (χ2n) is 3.44. The summed E-state index contributed by atoms with van der Waals surface area (Å²) in [5, 5.41) is 9.04. The van der Waals surface area contributed by atoms with Gasteiger partial charge in [0.15, 0.2) is 5.16 Å². The average Bonchev–Trinajstić information content (AvgIpc) is 2.37. The molecule has 1 aromatic carbocycles. The highest BCUT2D eigenvalue weighted by Gasteiger charge is 2.07. The van der Waals surface area contributed by atoms with Gasteiger partial charge in [0.25, 0.3) is 5.56 Å². The van der Waals surface area contributed by atoms with Gasteiger partial charge in [-0.2, -0.15) is 4.98 Å². The van der Waals surface area contributed by atoms with Gasteiger partial charge in [-0.05, 0) is 12.1 Å². The molecule has 5 nitrogen and oxygen atoms in total. The van der Waals surface area contributed by atoms with Crippen LogP contribution in [0, 0.1) is 0 Å². The quantitative estimate of drug-likeness (QED) is 0.666. The number of para-hydroxylation sites is 1. The molecule has 2 aromatic rings. The highest BCUT2D eigenvalue weighted by molar-refractivity contribution is 7.99. The van der Waals surface area contributed by atoms with E-state index >= 15 is 0 Å². The molecule has 6 heteroatoms. The zero-order valence-electron chi connectivity index (χ0n) is 9.31. The van der Waals surface area contributed by atoms with Crippen molar-refractivity contribution in [1.29, 1.82) is 0 Å². The van der Waals surface area contributed by atoms with Gasteiger partial charge in [0.1, 0.15) is 0 Å². The van der Waals surface area contributed by atoms with Gasteiger partial charge in [0, 0.05) is 18.0 Å². The number of carbonyl (C=O) groups is 1. The number of aliphatic carboxylic acids is 1. The first-order valence-corrected chi connectivity index (χ1v) is 6.15. The smallest absolute Gasteiger partial charge is 0.313 e. The molecule has 0 atom stereocenters. The number of hydrogen-bond acceptors (Lipinski definition) is 4. The molecule has 0 saturated carbocycles. The fraction of sp³-hybridized carbons (Fsp3) is 0.0833. The lowest BCUT2D eigenvalue weighted by atomic mass is 10.3. The summed E-state index contributed by atoms with van der Waals surface area (Å²) in [4.78, 5) is 25.6. The number of aromatic nitrogens is 2. The van der Waals surface area contributed by atoms with Crippen molar-refractivity contribution in [3.8, 4) is 5.69 Å². The number of benzene rings is 1. The molecule has 1 N–H and O–H groups in total. The van der Waals surface area contributed by atoms with Crippen LogP contribution in [0.4, 0.5) is 0 Å². The van der Waals surface area contributed by atoms with Crippen LogP contribution in [0.3, 0.4) is 0 Å². The Balaban J connectivity index is 2.41. The maximum absolute atomic E-state index is 11.2. The molecule has 1 aromatic heterocycles. The van der Waals surface area contributed by atoms with E-state index in [0.29, 0.717) is 5.16 Å². The fourth-order valence-corrected chi connectivity index (χ4v) is 2.11. The van der Waals surface area contributed by atoms with Crippen LogP contribution in [0.25, 0.3) is 5.69 Å². The van der Waals surface area contributed by atoms with E-state index in [9.17, 15) is 9.59 Å². The van der Waals surface area contributed by atoms with E-state index in [2.05, 4.69) is 4.98 Å². The van der Waals surface area contributed by atoms with Crippen LogP contribution in [0.1, 0.15) is 0 Å². The second-order valence-corrected chi connectivity index (χ2v) is 4.38. The number of rotatable bonds is 4. The molecule has 0 radical (unpaired) electrons. The van der Waals surface area contributed by atoms with Gasteiger partial charge in [-0.3, -0.25) is 14.2 Å². The highest BCUT2D eigenvalue weighted by atomic mass is 32.2. The fourth-order valence-electron chi connectivity index (χ4n) is 1.40. The summed E-state index contributed by atoms with van der Waals surface area (Å²) in [5.41, 5.74) is 0.452. The summed E-state index contributed by atoms with van der Waals surface area (Å²) in [5.74, 6) is -1.08. The molecular weight excluding hydrogens is 252 g/mol. The third-order valence-electron chi connectivity index (χ3n) is 2.14. The highest BCUT2D eigenvalue weighted by Crippen LogP contribution is 2.18. The Morgan fingerprint density at radius 1 is 1.28 bits per heavy atom. The summed E-state index contributed by atoms with van der Waals surface area (Å²) in [6.07, 6.45) is 1.59. The SMILES string of the molecule is O=C(O)CSc1nc(=O)ccn1-c1ccccc1. The maximum atomic E-state index is 11.2. The summed E-state index contributed by atoms with van der Waals surface area (Å²) in [7, 11) is 0. The van der Waals surface area contributed by atoms with Crippen molar-refractivity contribution in [3.63, 3.8) is 0 Å². The minimum Gasteiger partial charge on any atom is -0.481 e. The Morgan fingerprint density at radius 2 is 2.00 bits per heavy atom. The number of carboxylic acids is 1. The Labute approximate surface area is 107 Å². The molecule has 0 fully saturated rings. The molecule has 1 heterocycles. The zero-order valence-corrected chi connectivity index (χ0v) is 10.1. The van der Waals surface area contributed by atoms with Crippen molar-refractivity contribution in [3.05, 3.63) is 52.9 Å². The maximum Gasteiger partial charge on any atom is 0.313 e. The monoisotopic (exact) mass is 262 g/mol. The average molecular weight is 262 g/mol. The van der Waals surface area contributed by atoms with Crippen LogP contribution in [0.5, 0.6) is 0 Å². The lowest BCUT2D eigenvalue weighted by Crippen LogP contribution is -2.13. The van der Waals surface area contributed by atoms with Crippen molar-refractivity contribution in [1.82, 2.24) is 9.55 Å². The van der Waals surface area contributed by atoms with Gasteiger partial charge in [0.2, 0.25) is 0 Å². The van der Waals surface area contributed by atoms with Gasteiger partial charge in [-0.15, -0.1) is 0 Å². The van der Waals surface area contributed by atoms with E-state index in [-0.39, 0.29) is 11.3 Å². The van der Waals surface area contributed by atoms with Crippen molar-refractivity contribution in [2.45, 2.75) is 5.16 Å². The molecular formula is C12H10N2O3S. The van der Waals surface area contributed by atoms with Gasteiger partial charge in [-0.25, -0.2) is 0 Å². The minimum absolute atomic E-state index is 0.136. The molecule has 0 aliphatic carbocycles. The van der Waals surface area contributed by atoms with Crippen LogP contribution in [0.15, 0.2) is 52.5 Å². The molecule has 0 amide bonds. The Hall–Kier alpha value is -2.08. The molecule has 0 aliphatic rings. The Kier molecular flexibility index (Phi) is 3.78. The second kappa shape index (κ2) is 5.50. The molecule has 0 aliphatic heterocycles. The first kappa shape index (κ1) is 12.4. The Morgan fingerprint density at radius 3 is 2.67 bits per heavy atom. The molecule has 2 rings (SSSR count). The number of hydrogen-bond donors (Lipinski definition) is 1. The van der Waals surface area contributed by atoms with Gasteiger partial charge in [-0.1, -0.05) is 30.0 Å². The standard InChI is InChI=1S/C12H10N2O3S/c15-10-6-7-14(9-4-2-1-3-5-9)12(13-10)18-8-11(16)17/h1-7H,8H2,(H,16,17). The van der Waals surface area contributed by atoms with E-state index in [1.807, 2.05) is 30.3 Å². The van der Waals surface area contributed by atoms with Crippen molar-refractivity contribution in [2.75, 3.05) is 5.75 Å². The molecule has 92 valence electrons. The zero-order chi connectivity index (χ0) is 13.0. The van der Waals surface area contributed by atoms with E-state index in [1.54, 1.807) is 10.8 Å². The van der Waals surface area contributed by atoms with Crippen molar-refractivity contribution >= 4 is 17.7 Å². The molecule has 0 saturated heterocycles. The predicted octanol–water partition coefficient (Wildman–Crippen LogP) is 1.41. The number of thioether (sulfide) groups is 1. The topological polar surface area (TPSA) is 72.2 Å². The third kappa shape index (κ3) is 2.98. The van der Waals surface area contributed by atoms with E-state index in [1.165, 1.54) is 6.07 Å². The first-order valence-electron chi connectivity index (χ1n) is 5.16. The minimum atomic E-state index is -0.947. The normalized spacial score (nSPS) is 10.2. The summed E-state index contributed by atoms with van der Waals surface area (Å²) >= 11 is 1.02. The van der Waals surface area contributed by atoms with Crippen LogP contribution in [-0.2, 0) is 4.79 Å². The van der Waals surface area contributed by atoms with Gasteiger partial charge >= 0.3 is 5.97 Å². The summed E-state index contributed by atoms with van der Waals surface area (Å²) in [6, 6.07) is 10.7. The third-order valence-corrected chi connectivity index (χ3v) is 3.07. The first-order chi connectivity index (χ1) is 8.66. The Bertz CT molecular complexity index is 610. The lowest BCUT2D eigenvalue weighted by molar-refractivity contribution is -0.133. The predicted molar refractivity (Wildman–Crippen MR) is 68.2 cm³/mol. The van der Waals surface area contributed by atoms with E-state index in [0.717, 1.165) is 17.4 Å². The molecule has 0 unspecified atom stereocenters. The van der Waals surface area contributed by atoms with Crippen molar-refractivity contribution in [2.24, 2.45) is 0 Å². The van der Waals surface area contributed by atoms with Gasteiger partial charge < -0.3 is 5.11 Å². The molecule has 0 spiro atoms. The number of carboxylic acid groups (broad SMARTS) is 1. The molecule has 18 heavy (non-hydrogen) atoms. The largest absolute Gasteiger partial charge is 0.481 e. The van der Waals surface area contributed by atoms with Crippen molar-refractivity contribution < 1.29 is 9.90 Å². The number of nitrogens with zero attached hydrogens (tertiary/aromatic N) is 2. The van der Waals surface area contributed by atoms with E-state index < -0.39 is 5.97 Å². The van der Waals surface area contributed by atoms with E-state index in [4.69, 9.17) is 5.11 Å².